The quantitative estimate of drug-likeness (QED) is 0.623. The number of rotatable bonds is 4. The Morgan fingerprint density at radius 3 is 2.41 bits per heavy atom. The molecule has 0 saturated carbocycles. The van der Waals surface area contributed by atoms with Gasteiger partial charge in [-0.15, -0.1) is 0 Å². The van der Waals surface area contributed by atoms with E-state index in [4.69, 9.17) is 5.84 Å². The molecule has 0 spiro atoms. The lowest BCUT2D eigenvalue weighted by Gasteiger charge is -2.23. The molecule has 1 aromatic heterocycles. The smallest absolute Gasteiger partial charge is 0.0478 e. The van der Waals surface area contributed by atoms with Gasteiger partial charge in [-0.3, -0.25) is 16.3 Å². The highest BCUT2D eigenvalue weighted by molar-refractivity contribution is 5.25. The average molecular weight is 235 g/mol. The number of hydrogen-bond donors (Lipinski definition) is 2. The van der Waals surface area contributed by atoms with Gasteiger partial charge in [0.25, 0.3) is 0 Å². The second-order valence-corrected chi connectivity index (χ2v) is 5.95. The molecule has 3 N–H and O–H groups in total. The van der Waals surface area contributed by atoms with Crippen LogP contribution in [0.2, 0.25) is 0 Å². The maximum atomic E-state index is 5.66. The van der Waals surface area contributed by atoms with Gasteiger partial charge in [-0.1, -0.05) is 26.8 Å². The van der Waals surface area contributed by atoms with Crippen LogP contribution >= 0.6 is 0 Å². The summed E-state index contributed by atoms with van der Waals surface area (Å²) in [6.45, 7) is 10.8. The van der Waals surface area contributed by atoms with Crippen molar-refractivity contribution in [1.82, 2.24) is 10.4 Å². The summed E-state index contributed by atoms with van der Waals surface area (Å²) in [6.07, 6.45) is 2.17. The summed E-state index contributed by atoms with van der Waals surface area (Å²) >= 11 is 0. The van der Waals surface area contributed by atoms with Crippen molar-refractivity contribution in [3.05, 3.63) is 29.1 Å². The molecule has 0 bridgehead atoms. The van der Waals surface area contributed by atoms with Crippen LogP contribution in [0.3, 0.4) is 0 Å². The number of nitrogens with zero attached hydrogens (tertiary/aromatic N) is 1. The fourth-order valence-corrected chi connectivity index (χ4v) is 1.97. The number of aryl methyl sites for hydroxylation is 2. The van der Waals surface area contributed by atoms with Crippen molar-refractivity contribution in [3.8, 4) is 0 Å². The summed E-state index contributed by atoms with van der Waals surface area (Å²) in [5.74, 6) is 5.66. The maximum absolute atomic E-state index is 5.66. The van der Waals surface area contributed by atoms with Crippen molar-refractivity contribution in [2.45, 2.75) is 53.5 Å². The molecule has 1 unspecified atom stereocenters. The largest absolute Gasteiger partial charge is 0.271 e. The lowest BCUT2D eigenvalue weighted by Crippen LogP contribution is -2.29. The zero-order valence-corrected chi connectivity index (χ0v) is 11.7. The van der Waals surface area contributed by atoms with E-state index in [1.54, 1.807) is 0 Å². The van der Waals surface area contributed by atoms with Gasteiger partial charge in [-0.25, -0.2) is 0 Å². The second kappa shape index (κ2) is 5.61. The first-order chi connectivity index (χ1) is 7.83. The van der Waals surface area contributed by atoms with E-state index < -0.39 is 0 Å². The van der Waals surface area contributed by atoms with Crippen molar-refractivity contribution in [2.75, 3.05) is 0 Å². The number of hydrazine groups is 1. The average Bonchev–Trinajstić information content (AvgIpc) is 2.19. The lowest BCUT2D eigenvalue weighted by atomic mass is 9.87. The number of aromatic nitrogens is 1. The van der Waals surface area contributed by atoms with Gasteiger partial charge in [-0.05, 0) is 43.7 Å². The van der Waals surface area contributed by atoms with E-state index >= 15 is 0 Å². The summed E-state index contributed by atoms with van der Waals surface area (Å²) in [4.78, 5) is 4.49. The van der Waals surface area contributed by atoms with Gasteiger partial charge < -0.3 is 0 Å². The highest BCUT2D eigenvalue weighted by Crippen LogP contribution is 2.27. The molecule has 3 heteroatoms. The maximum Gasteiger partial charge on any atom is 0.0478 e. The minimum atomic E-state index is 0.197. The van der Waals surface area contributed by atoms with Crippen LogP contribution in [0.15, 0.2) is 12.1 Å². The van der Waals surface area contributed by atoms with Crippen molar-refractivity contribution in [1.29, 1.82) is 0 Å². The summed E-state index contributed by atoms with van der Waals surface area (Å²) < 4.78 is 0. The van der Waals surface area contributed by atoms with Gasteiger partial charge in [0.1, 0.15) is 0 Å². The zero-order valence-electron chi connectivity index (χ0n) is 11.7. The van der Waals surface area contributed by atoms with Crippen LogP contribution < -0.4 is 11.3 Å². The molecule has 96 valence electrons. The van der Waals surface area contributed by atoms with Gasteiger partial charge in [0, 0.05) is 17.4 Å². The van der Waals surface area contributed by atoms with Gasteiger partial charge in [0.05, 0.1) is 0 Å². The Hall–Kier alpha value is -0.930. The van der Waals surface area contributed by atoms with E-state index in [1.807, 2.05) is 19.9 Å². The first-order valence-corrected chi connectivity index (χ1v) is 6.24. The third-order valence-electron chi connectivity index (χ3n) is 3.03. The fourth-order valence-electron chi connectivity index (χ4n) is 1.97. The van der Waals surface area contributed by atoms with Crippen LogP contribution in [0.1, 0.15) is 56.6 Å². The number of nitrogens with one attached hydrogen (secondary N) is 1. The topological polar surface area (TPSA) is 50.9 Å². The molecular weight excluding hydrogens is 210 g/mol. The normalized spacial score (nSPS) is 13.8. The SMILES string of the molecule is Cc1ccc(C(CCC(C)(C)C)NN)c(C)n1. The predicted octanol–water partition coefficient (Wildman–Crippen LogP) is 3.03. The van der Waals surface area contributed by atoms with Crippen LogP contribution in [0.5, 0.6) is 0 Å². The van der Waals surface area contributed by atoms with Gasteiger partial charge >= 0.3 is 0 Å². The van der Waals surface area contributed by atoms with E-state index in [-0.39, 0.29) is 6.04 Å². The van der Waals surface area contributed by atoms with Crippen molar-refractivity contribution in [2.24, 2.45) is 11.3 Å². The van der Waals surface area contributed by atoms with Crippen LogP contribution in [0.25, 0.3) is 0 Å². The standard InChI is InChI=1S/C14H25N3/c1-10-6-7-12(11(2)16-10)13(17-15)8-9-14(3,4)5/h6-7,13,17H,8-9,15H2,1-5H3. The van der Waals surface area contributed by atoms with E-state index in [2.05, 4.69) is 37.2 Å². The van der Waals surface area contributed by atoms with Crippen LogP contribution in [0.4, 0.5) is 0 Å². The Labute approximate surface area is 105 Å². The number of nitrogens with two attached hydrogens (primary N) is 1. The Bertz CT molecular complexity index is 366. The molecule has 0 aliphatic carbocycles. The summed E-state index contributed by atoms with van der Waals surface area (Å²) in [6, 6.07) is 4.37. The monoisotopic (exact) mass is 235 g/mol. The van der Waals surface area contributed by atoms with E-state index in [0.717, 1.165) is 24.2 Å². The molecule has 0 aliphatic heterocycles. The van der Waals surface area contributed by atoms with Crippen LogP contribution in [-0.2, 0) is 0 Å². The summed E-state index contributed by atoms with van der Waals surface area (Å²) in [7, 11) is 0. The first kappa shape index (κ1) is 14.1. The number of hydrogen-bond acceptors (Lipinski definition) is 3. The third-order valence-corrected chi connectivity index (χ3v) is 3.03. The minimum Gasteiger partial charge on any atom is -0.271 e. The Kier molecular flexibility index (Phi) is 4.66. The summed E-state index contributed by atoms with van der Waals surface area (Å²) in [5, 5.41) is 0. The minimum absolute atomic E-state index is 0.197. The Morgan fingerprint density at radius 2 is 1.94 bits per heavy atom. The molecule has 0 aliphatic rings. The zero-order chi connectivity index (χ0) is 13.1. The van der Waals surface area contributed by atoms with Crippen LogP contribution in [0, 0.1) is 19.3 Å². The van der Waals surface area contributed by atoms with Crippen molar-refractivity contribution < 1.29 is 0 Å². The Balaban J connectivity index is 2.79. The third kappa shape index (κ3) is 4.44. The van der Waals surface area contributed by atoms with Crippen LogP contribution in [-0.4, -0.2) is 4.98 Å². The lowest BCUT2D eigenvalue weighted by molar-refractivity contribution is 0.333. The van der Waals surface area contributed by atoms with E-state index in [9.17, 15) is 0 Å². The molecule has 1 rings (SSSR count). The molecule has 1 aromatic rings. The van der Waals surface area contributed by atoms with Gasteiger partial charge in [-0.2, -0.15) is 0 Å². The van der Waals surface area contributed by atoms with E-state index in [0.29, 0.717) is 5.41 Å². The molecule has 0 amide bonds. The van der Waals surface area contributed by atoms with Gasteiger partial charge in [0.2, 0.25) is 0 Å². The molecule has 1 atom stereocenters. The number of pyridine rings is 1. The molecule has 3 nitrogen and oxygen atoms in total. The highest BCUT2D eigenvalue weighted by Gasteiger charge is 2.17. The van der Waals surface area contributed by atoms with Crippen molar-refractivity contribution in [3.63, 3.8) is 0 Å². The molecule has 0 fully saturated rings. The Morgan fingerprint density at radius 1 is 1.29 bits per heavy atom. The molecular formula is C14H25N3. The molecule has 0 saturated heterocycles. The fraction of sp³-hybridized carbons (Fsp3) is 0.643. The van der Waals surface area contributed by atoms with Gasteiger partial charge in [0.15, 0.2) is 0 Å². The molecule has 1 heterocycles. The predicted molar refractivity (Wildman–Crippen MR) is 72.5 cm³/mol. The highest BCUT2D eigenvalue weighted by atomic mass is 15.2. The molecule has 0 radical (unpaired) electrons. The summed E-state index contributed by atoms with van der Waals surface area (Å²) in [5.41, 5.74) is 6.58. The van der Waals surface area contributed by atoms with Crippen molar-refractivity contribution >= 4 is 0 Å². The first-order valence-electron chi connectivity index (χ1n) is 6.24. The molecule has 0 aromatic carbocycles. The van der Waals surface area contributed by atoms with E-state index in [1.165, 1.54) is 5.56 Å². The second-order valence-electron chi connectivity index (χ2n) is 5.95. The molecule has 17 heavy (non-hydrogen) atoms.